The molecule has 0 bridgehead atoms. The minimum Gasteiger partial charge on any atom is -0.456 e. The number of rotatable bonds is 6. The first kappa shape index (κ1) is 20.5. The fraction of sp³-hybridized carbons (Fsp3) is 0.200. The molecule has 1 aliphatic heterocycles. The number of carbonyl (C=O) groups is 2. The Morgan fingerprint density at radius 2 is 1.35 bits per heavy atom. The van der Waals surface area contributed by atoms with Gasteiger partial charge in [-0.2, -0.15) is 0 Å². The van der Waals surface area contributed by atoms with Crippen LogP contribution in [0.15, 0.2) is 84.9 Å². The Hall–Kier alpha value is -3.80. The summed E-state index contributed by atoms with van der Waals surface area (Å²) in [4.78, 5) is 29.1. The first-order chi connectivity index (χ1) is 15.2. The van der Waals surface area contributed by atoms with Gasteiger partial charge in [0.05, 0.1) is 0 Å². The topological polar surface area (TPSA) is 59.1 Å². The Bertz CT molecular complexity index is 1020. The molecule has 6 heteroatoms. The number of esters is 1. The number of ether oxygens (including phenoxy) is 2. The average molecular weight is 416 g/mol. The van der Waals surface area contributed by atoms with E-state index in [0.29, 0.717) is 24.6 Å². The maximum Gasteiger partial charge on any atom is 0.342 e. The van der Waals surface area contributed by atoms with E-state index in [1.807, 2.05) is 36.4 Å². The van der Waals surface area contributed by atoms with Gasteiger partial charge in [0.15, 0.2) is 6.61 Å². The van der Waals surface area contributed by atoms with Gasteiger partial charge in [-0.1, -0.05) is 48.5 Å². The van der Waals surface area contributed by atoms with Crippen LogP contribution in [0.1, 0.15) is 10.4 Å². The summed E-state index contributed by atoms with van der Waals surface area (Å²) in [5, 5.41) is 0. The minimum absolute atomic E-state index is 0.192. The molecule has 3 aromatic carbocycles. The second kappa shape index (κ2) is 9.80. The average Bonchev–Trinajstić information content (AvgIpc) is 2.84. The molecule has 6 nitrogen and oxygen atoms in total. The third-order valence-electron chi connectivity index (χ3n) is 5.16. The number of nitrogens with zero attached hydrogens (tertiary/aromatic N) is 2. The van der Waals surface area contributed by atoms with Crippen LogP contribution in [0, 0.1) is 0 Å². The van der Waals surface area contributed by atoms with E-state index in [4.69, 9.17) is 9.47 Å². The molecule has 1 fully saturated rings. The summed E-state index contributed by atoms with van der Waals surface area (Å²) in [5.74, 6) is 0.239. The monoisotopic (exact) mass is 416 g/mol. The molecule has 158 valence electrons. The molecule has 1 aliphatic rings. The molecule has 0 aliphatic carbocycles. The van der Waals surface area contributed by atoms with E-state index >= 15 is 0 Å². The standard InChI is InChI=1S/C25H24N2O4/c28-24(27-17-15-26(16-18-27)20-9-3-1-4-10-20)19-30-25(29)22-13-7-8-14-23(22)31-21-11-5-2-6-12-21/h1-14H,15-19H2. The van der Waals surface area contributed by atoms with Crippen LogP contribution < -0.4 is 9.64 Å². The van der Waals surface area contributed by atoms with E-state index in [0.717, 1.165) is 18.8 Å². The predicted molar refractivity (Wildman–Crippen MR) is 118 cm³/mol. The fourth-order valence-corrected chi connectivity index (χ4v) is 3.49. The van der Waals surface area contributed by atoms with Gasteiger partial charge in [-0.3, -0.25) is 4.79 Å². The molecule has 0 N–H and O–H groups in total. The minimum atomic E-state index is -0.581. The number of hydrogen-bond acceptors (Lipinski definition) is 5. The molecule has 0 unspecified atom stereocenters. The van der Waals surface area contributed by atoms with Crippen molar-refractivity contribution in [2.24, 2.45) is 0 Å². The van der Waals surface area contributed by atoms with Crippen molar-refractivity contribution in [1.29, 1.82) is 0 Å². The van der Waals surface area contributed by atoms with E-state index in [1.165, 1.54) is 0 Å². The van der Waals surface area contributed by atoms with Crippen molar-refractivity contribution >= 4 is 17.6 Å². The molecule has 1 heterocycles. The van der Waals surface area contributed by atoms with Crippen molar-refractivity contribution in [1.82, 2.24) is 4.90 Å². The van der Waals surface area contributed by atoms with Crippen LogP contribution in [0.3, 0.4) is 0 Å². The number of amides is 1. The van der Waals surface area contributed by atoms with Crippen molar-refractivity contribution in [2.45, 2.75) is 0 Å². The van der Waals surface area contributed by atoms with Crippen molar-refractivity contribution in [3.05, 3.63) is 90.5 Å². The Morgan fingerprint density at radius 3 is 2.06 bits per heavy atom. The summed E-state index contributed by atoms with van der Waals surface area (Å²) < 4.78 is 11.1. The van der Waals surface area contributed by atoms with Crippen molar-refractivity contribution in [3.8, 4) is 11.5 Å². The molecule has 1 amide bonds. The molecule has 0 spiro atoms. The lowest BCUT2D eigenvalue weighted by molar-refractivity contribution is -0.134. The zero-order chi connectivity index (χ0) is 21.5. The van der Waals surface area contributed by atoms with Crippen LogP contribution in [0.25, 0.3) is 0 Å². The highest BCUT2D eigenvalue weighted by atomic mass is 16.5. The van der Waals surface area contributed by atoms with Gasteiger partial charge in [0, 0.05) is 31.9 Å². The van der Waals surface area contributed by atoms with Crippen LogP contribution in [0.5, 0.6) is 11.5 Å². The number of piperazine rings is 1. The van der Waals surface area contributed by atoms with Gasteiger partial charge in [0.2, 0.25) is 0 Å². The molecule has 0 aromatic heterocycles. The molecular formula is C25H24N2O4. The van der Waals surface area contributed by atoms with Gasteiger partial charge in [-0.05, 0) is 36.4 Å². The third-order valence-corrected chi connectivity index (χ3v) is 5.16. The lowest BCUT2D eigenvalue weighted by atomic mass is 10.2. The summed E-state index contributed by atoms with van der Waals surface area (Å²) in [6, 6.07) is 26.2. The number of anilines is 1. The van der Waals surface area contributed by atoms with E-state index < -0.39 is 5.97 Å². The zero-order valence-corrected chi connectivity index (χ0v) is 17.1. The largest absolute Gasteiger partial charge is 0.456 e. The van der Waals surface area contributed by atoms with Crippen LogP contribution in [-0.2, 0) is 9.53 Å². The van der Waals surface area contributed by atoms with Gasteiger partial charge in [-0.15, -0.1) is 0 Å². The number of hydrogen-bond donors (Lipinski definition) is 0. The SMILES string of the molecule is O=C(OCC(=O)N1CCN(c2ccccc2)CC1)c1ccccc1Oc1ccccc1. The van der Waals surface area contributed by atoms with Crippen molar-refractivity contribution in [3.63, 3.8) is 0 Å². The van der Waals surface area contributed by atoms with Gasteiger partial charge in [0.25, 0.3) is 5.91 Å². The van der Waals surface area contributed by atoms with Gasteiger partial charge in [-0.25, -0.2) is 4.79 Å². The summed E-state index contributed by atoms with van der Waals surface area (Å²) in [6.45, 7) is 2.40. The Labute approximate surface area is 181 Å². The highest BCUT2D eigenvalue weighted by Gasteiger charge is 2.23. The molecular weight excluding hydrogens is 392 g/mol. The smallest absolute Gasteiger partial charge is 0.342 e. The van der Waals surface area contributed by atoms with Crippen LogP contribution in [0.2, 0.25) is 0 Å². The van der Waals surface area contributed by atoms with E-state index in [9.17, 15) is 9.59 Å². The fourth-order valence-electron chi connectivity index (χ4n) is 3.49. The molecule has 0 radical (unpaired) electrons. The van der Waals surface area contributed by atoms with Crippen molar-refractivity contribution in [2.75, 3.05) is 37.7 Å². The van der Waals surface area contributed by atoms with E-state index in [-0.39, 0.29) is 18.1 Å². The quantitative estimate of drug-likeness (QED) is 0.569. The Balaban J connectivity index is 1.31. The number of para-hydroxylation sites is 3. The third kappa shape index (κ3) is 5.22. The maximum atomic E-state index is 12.6. The molecule has 0 saturated carbocycles. The van der Waals surface area contributed by atoms with Crippen LogP contribution in [0.4, 0.5) is 5.69 Å². The Kier molecular flexibility index (Phi) is 6.47. The first-order valence-corrected chi connectivity index (χ1v) is 10.3. The molecule has 0 atom stereocenters. The Morgan fingerprint density at radius 1 is 0.742 bits per heavy atom. The van der Waals surface area contributed by atoms with Gasteiger partial charge in [0.1, 0.15) is 17.1 Å². The predicted octanol–water partition coefficient (Wildman–Crippen LogP) is 3.98. The summed E-state index contributed by atoms with van der Waals surface area (Å²) >= 11 is 0. The lowest BCUT2D eigenvalue weighted by Gasteiger charge is -2.36. The van der Waals surface area contributed by atoms with Gasteiger partial charge < -0.3 is 19.3 Å². The molecule has 3 aromatic rings. The summed E-state index contributed by atoms with van der Waals surface area (Å²) in [6.07, 6.45) is 0. The van der Waals surface area contributed by atoms with E-state index in [2.05, 4.69) is 17.0 Å². The summed E-state index contributed by atoms with van der Waals surface area (Å²) in [7, 11) is 0. The molecule has 4 rings (SSSR count). The molecule has 31 heavy (non-hydrogen) atoms. The van der Waals surface area contributed by atoms with Gasteiger partial charge >= 0.3 is 5.97 Å². The highest BCUT2D eigenvalue weighted by Crippen LogP contribution is 2.25. The summed E-state index contributed by atoms with van der Waals surface area (Å²) in [5.41, 5.74) is 1.43. The maximum absolute atomic E-state index is 12.6. The second-order valence-corrected chi connectivity index (χ2v) is 7.19. The van der Waals surface area contributed by atoms with Crippen molar-refractivity contribution < 1.29 is 19.1 Å². The zero-order valence-electron chi connectivity index (χ0n) is 17.1. The normalized spacial score (nSPS) is 13.5. The second-order valence-electron chi connectivity index (χ2n) is 7.19. The molecule has 1 saturated heterocycles. The number of carbonyl (C=O) groups excluding carboxylic acids is 2. The number of benzene rings is 3. The van der Waals surface area contributed by atoms with Crippen LogP contribution >= 0.6 is 0 Å². The first-order valence-electron chi connectivity index (χ1n) is 10.3. The van der Waals surface area contributed by atoms with E-state index in [1.54, 1.807) is 41.3 Å². The van der Waals surface area contributed by atoms with Crippen LogP contribution in [-0.4, -0.2) is 49.6 Å². The lowest BCUT2D eigenvalue weighted by Crippen LogP contribution is -2.49. The highest BCUT2D eigenvalue weighted by molar-refractivity contribution is 5.94.